The van der Waals surface area contributed by atoms with Crippen LogP contribution in [0.3, 0.4) is 0 Å². The lowest BCUT2D eigenvalue weighted by Gasteiger charge is -2.12. The predicted molar refractivity (Wildman–Crippen MR) is 76.3 cm³/mol. The number of hydrogen-bond acceptors (Lipinski definition) is 4. The van der Waals surface area contributed by atoms with Gasteiger partial charge >= 0.3 is 5.69 Å². The summed E-state index contributed by atoms with van der Waals surface area (Å²) in [6.45, 7) is 1.99. The third-order valence-corrected chi connectivity index (χ3v) is 4.23. The Hall–Kier alpha value is -1.60. The van der Waals surface area contributed by atoms with E-state index in [0.29, 0.717) is 11.6 Å². The maximum Gasteiger partial charge on any atom is 0.343 e. The zero-order valence-electron chi connectivity index (χ0n) is 11.4. The van der Waals surface area contributed by atoms with Crippen LogP contribution >= 0.6 is 11.8 Å². The van der Waals surface area contributed by atoms with E-state index < -0.39 is 0 Å². The molecule has 0 aliphatic heterocycles. The molecule has 3 N–H and O–H groups in total. The molecule has 0 radical (unpaired) electrons. The van der Waals surface area contributed by atoms with Crippen molar-refractivity contribution in [3.8, 4) is 0 Å². The van der Waals surface area contributed by atoms with Gasteiger partial charge in [0.05, 0.1) is 0 Å². The molecule has 1 heterocycles. The van der Waals surface area contributed by atoms with Crippen molar-refractivity contribution in [3.63, 3.8) is 0 Å². The zero-order chi connectivity index (χ0) is 14.7. The number of rotatable bonds is 5. The monoisotopic (exact) mass is 296 g/mol. The molecule has 20 heavy (non-hydrogen) atoms. The Morgan fingerprint density at radius 2 is 2.30 bits per heavy atom. The van der Waals surface area contributed by atoms with Crippen LogP contribution in [0.25, 0.3) is 0 Å². The molecule has 2 rings (SSSR count). The first-order chi connectivity index (χ1) is 9.51. The van der Waals surface area contributed by atoms with Crippen LogP contribution in [-0.4, -0.2) is 20.8 Å². The Morgan fingerprint density at radius 1 is 1.55 bits per heavy atom. The molecule has 108 valence electrons. The molecule has 0 fully saturated rings. The van der Waals surface area contributed by atoms with E-state index in [-0.39, 0.29) is 17.5 Å². The van der Waals surface area contributed by atoms with Crippen LogP contribution < -0.4 is 11.4 Å². The fourth-order valence-electron chi connectivity index (χ4n) is 1.76. The first kappa shape index (κ1) is 14.8. The van der Waals surface area contributed by atoms with Crippen LogP contribution in [-0.2, 0) is 13.5 Å². The van der Waals surface area contributed by atoms with Crippen LogP contribution in [0.2, 0.25) is 0 Å². The molecule has 1 aromatic carbocycles. The average Bonchev–Trinajstić information content (AvgIpc) is 2.73. The van der Waals surface area contributed by atoms with Gasteiger partial charge in [-0.2, -0.15) is 0 Å². The molecule has 7 heteroatoms. The number of hydrogen-bond donors (Lipinski definition) is 2. The summed E-state index contributed by atoms with van der Waals surface area (Å²) in [5.74, 6) is -0.288. The highest BCUT2D eigenvalue weighted by atomic mass is 32.2. The highest BCUT2D eigenvalue weighted by molar-refractivity contribution is 7.99. The Labute approximate surface area is 120 Å². The summed E-state index contributed by atoms with van der Waals surface area (Å²) >= 11 is 1.32. The first-order valence-electron chi connectivity index (χ1n) is 6.34. The molecule has 0 spiro atoms. The molecule has 1 atom stereocenters. The summed E-state index contributed by atoms with van der Waals surface area (Å²) in [7, 11) is 1.63. The standard InChI is InChI=1S/C13H17FN4OS/c1-3-10(15)7-8-6-9(14)4-5-11(8)20-13-17-16-12(19)18(13)2/h4-6,10H,3,7,15H2,1-2H3,(H,16,19). The van der Waals surface area contributed by atoms with E-state index in [1.807, 2.05) is 6.92 Å². The van der Waals surface area contributed by atoms with Gasteiger partial charge < -0.3 is 5.73 Å². The number of aromatic nitrogens is 3. The Bertz CT molecular complexity index is 652. The Morgan fingerprint density at radius 3 is 2.90 bits per heavy atom. The fourth-order valence-corrected chi connectivity index (χ4v) is 2.67. The van der Waals surface area contributed by atoms with E-state index in [0.717, 1.165) is 16.9 Å². The van der Waals surface area contributed by atoms with Gasteiger partial charge in [-0.1, -0.05) is 6.92 Å². The molecule has 0 aliphatic carbocycles. The van der Waals surface area contributed by atoms with E-state index in [9.17, 15) is 9.18 Å². The second-order valence-electron chi connectivity index (χ2n) is 4.60. The van der Waals surface area contributed by atoms with Crippen LogP contribution in [0.1, 0.15) is 18.9 Å². The highest BCUT2D eigenvalue weighted by Gasteiger charge is 2.13. The number of nitrogens with one attached hydrogen (secondary N) is 1. The molecule has 0 saturated carbocycles. The van der Waals surface area contributed by atoms with E-state index in [2.05, 4.69) is 10.2 Å². The minimum atomic E-state index is -0.288. The summed E-state index contributed by atoms with van der Waals surface area (Å²) in [4.78, 5) is 12.2. The van der Waals surface area contributed by atoms with Gasteiger partial charge in [-0.25, -0.2) is 14.3 Å². The van der Waals surface area contributed by atoms with Crippen molar-refractivity contribution in [2.24, 2.45) is 12.8 Å². The van der Waals surface area contributed by atoms with E-state index >= 15 is 0 Å². The number of nitrogens with zero attached hydrogens (tertiary/aromatic N) is 2. The molecule has 0 bridgehead atoms. The van der Waals surface area contributed by atoms with Crippen molar-refractivity contribution < 1.29 is 4.39 Å². The van der Waals surface area contributed by atoms with Crippen LogP contribution in [0.15, 0.2) is 33.0 Å². The summed E-state index contributed by atoms with van der Waals surface area (Å²) in [6, 6.07) is 4.56. The van der Waals surface area contributed by atoms with Crippen LogP contribution in [0, 0.1) is 5.82 Å². The zero-order valence-corrected chi connectivity index (χ0v) is 12.2. The number of nitrogens with two attached hydrogens (primary N) is 1. The van der Waals surface area contributed by atoms with Gasteiger partial charge in [-0.3, -0.25) is 4.57 Å². The second-order valence-corrected chi connectivity index (χ2v) is 5.61. The lowest BCUT2D eigenvalue weighted by atomic mass is 10.0. The third-order valence-electron chi connectivity index (χ3n) is 3.07. The minimum Gasteiger partial charge on any atom is -0.327 e. The normalized spacial score (nSPS) is 12.6. The molecule has 2 aromatic rings. The lowest BCUT2D eigenvalue weighted by Crippen LogP contribution is -2.21. The Kier molecular flexibility index (Phi) is 4.61. The van der Waals surface area contributed by atoms with Crippen molar-refractivity contribution in [3.05, 3.63) is 40.1 Å². The molecule has 1 aromatic heterocycles. The summed E-state index contributed by atoms with van der Waals surface area (Å²) in [5, 5.41) is 6.85. The fraction of sp³-hybridized carbons (Fsp3) is 0.385. The van der Waals surface area contributed by atoms with Crippen molar-refractivity contribution in [2.75, 3.05) is 0 Å². The quantitative estimate of drug-likeness (QED) is 0.880. The van der Waals surface area contributed by atoms with Crippen LogP contribution in [0.4, 0.5) is 4.39 Å². The summed E-state index contributed by atoms with van der Waals surface area (Å²) in [6.07, 6.45) is 1.41. The molecule has 5 nitrogen and oxygen atoms in total. The number of benzene rings is 1. The third kappa shape index (κ3) is 3.29. The predicted octanol–water partition coefficient (Wildman–Crippen LogP) is 1.68. The molecule has 0 amide bonds. The highest BCUT2D eigenvalue weighted by Crippen LogP contribution is 2.29. The van der Waals surface area contributed by atoms with Crippen molar-refractivity contribution in [1.29, 1.82) is 0 Å². The van der Waals surface area contributed by atoms with Gasteiger partial charge in [0.1, 0.15) is 5.82 Å². The van der Waals surface area contributed by atoms with Gasteiger partial charge in [0.15, 0.2) is 5.16 Å². The molecule has 1 unspecified atom stereocenters. The van der Waals surface area contributed by atoms with Crippen molar-refractivity contribution >= 4 is 11.8 Å². The molecule has 0 saturated heterocycles. The van der Waals surface area contributed by atoms with Gasteiger partial charge in [0.2, 0.25) is 0 Å². The smallest absolute Gasteiger partial charge is 0.327 e. The lowest BCUT2D eigenvalue weighted by molar-refractivity contribution is 0.609. The summed E-state index contributed by atoms with van der Waals surface area (Å²) < 4.78 is 14.8. The number of aromatic amines is 1. The maximum atomic E-state index is 13.4. The molecule has 0 aliphatic rings. The SMILES string of the molecule is CCC(N)Cc1cc(F)ccc1Sc1n[nH]c(=O)n1C. The summed E-state index contributed by atoms with van der Waals surface area (Å²) in [5.41, 5.74) is 6.50. The van der Waals surface area contributed by atoms with E-state index in [1.165, 1.54) is 28.5 Å². The van der Waals surface area contributed by atoms with Gasteiger partial charge in [0, 0.05) is 18.0 Å². The topological polar surface area (TPSA) is 76.7 Å². The molecular weight excluding hydrogens is 279 g/mol. The van der Waals surface area contributed by atoms with Crippen molar-refractivity contribution in [2.45, 2.75) is 35.9 Å². The van der Waals surface area contributed by atoms with Crippen LogP contribution in [0.5, 0.6) is 0 Å². The first-order valence-corrected chi connectivity index (χ1v) is 7.16. The average molecular weight is 296 g/mol. The number of halogens is 1. The van der Waals surface area contributed by atoms with Gasteiger partial charge in [-0.05, 0) is 48.4 Å². The maximum absolute atomic E-state index is 13.4. The Balaban J connectivity index is 2.31. The van der Waals surface area contributed by atoms with Gasteiger partial charge in [0.25, 0.3) is 0 Å². The van der Waals surface area contributed by atoms with Gasteiger partial charge in [-0.15, -0.1) is 5.10 Å². The van der Waals surface area contributed by atoms with E-state index in [1.54, 1.807) is 13.1 Å². The molecular formula is C13H17FN4OS. The minimum absolute atomic E-state index is 0.0147. The van der Waals surface area contributed by atoms with Crippen molar-refractivity contribution in [1.82, 2.24) is 14.8 Å². The largest absolute Gasteiger partial charge is 0.343 e. The number of H-pyrrole nitrogens is 1. The second kappa shape index (κ2) is 6.23. The van der Waals surface area contributed by atoms with E-state index in [4.69, 9.17) is 5.73 Å².